The minimum Gasteiger partial charge on any atom is -0.309 e. The molecule has 0 unspecified atom stereocenters. The van der Waals surface area contributed by atoms with E-state index >= 15 is 0 Å². The lowest BCUT2D eigenvalue weighted by Gasteiger charge is -2.12. The molecular formula is C34H22BrN. The summed E-state index contributed by atoms with van der Waals surface area (Å²) in [6.07, 6.45) is 0. The minimum atomic E-state index is 1.09. The Hall–Kier alpha value is -4.14. The molecule has 7 aromatic rings. The molecule has 2 heteroatoms. The Bertz CT molecular complexity index is 1900. The summed E-state index contributed by atoms with van der Waals surface area (Å²) in [7, 11) is 0. The predicted molar refractivity (Wildman–Crippen MR) is 157 cm³/mol. The molecule has 36 heavy (non-hydrogen) atoms. The number of rotatable bonds is 3. The molecule has 0 atom stereocenters. The second-order valence-corrected chi connectivity index (χ2v) is 10.0. The molecule has 0 fully saturated rings. The average molecular weight is 524 g/mol. The molecule has 0 saturated heterocycles. The molecule has 1 aromatic heterocycles. The van der Waals surface area contributed by atoms with Crippen LogP contribution in [-0.4, -0.2) is 4.57 Å². The lowest BCUT2D eigenvalue weighted by Crippen LogP contribution is -1.93. The van der Waals surface area contributed by atoms with E-state index in [0.717, 1.165) is 4.47 Å². The summed E-state index contributed by atoms with van der Waals surface area (Å²) in [6, 6.07) is 48.0. The Morgan fingerprint density at radius 2 is 1.11 bits per heavy atom. The molecule has 0 N–H and O–H groups in total. The summed E-state index contributed by atoms with van der Waals surface area (Å²) in [5.41, 5.74) is 8.42. The minimum absolute atomic E-state index is 1.09. The average Bonchev–Trinajstić information content (AvgIpc) is 3.27. The van der Waals surface area contributed by atoms with Crippen LogP contribution in [0.1, 0.15) is 0 Å². The molecular weight excluding hydrogens is 502 g/mol. The van der Waals surface area contributed by atoms with Gasteiger partial charge in [-0.05, 0) is 75.5 Å². The van der Waals surface area contributed by atoms with E-state index < -0.39 is 0 Å². The number of benzene rings is 6. The largest absolute Gasteiger partial charge is 0.309 e. The van der Waals surface area contributed by atoms with Crippen molar-refractivity contribution in [3.05, 3.63) is 138 Å². The fraction of sp³-hybridized carbons (Fsp3) is 0. The number of para-hydroxylation sites is 2. The van der Waals surface area contributed by atoms with Crippen LogP contribution in [0.2, 0.25) is 0 Å². The van der Waals surface area contributed by atoms with Crippen molar-refractivity contribution in [2.45, 2.75) is 0 Å². The molecule has 0 aliphatic rings. The van der Waals surface area contributed by atoms with E-state index in [1.165, 1.54) is 60.5 Å². The van der Waals surface area contributed by atoms with Crippen molar-refractivity contribution in [2.75, 3.05) is 0 Å². The van der Waals surface area contributed by atoms with Gasteiger partial charge in [-0.2, -0.15) is 0 Å². The van der Waals surface area contributed by atoms with Gasteiger partial charge in [-0.3, -0.25) is 0 Å². The van der Waals surface area contributed by atoms with Crippen molar-refractivity contribution in [3.8, 4) is 27.9 Å². The third-order valence-corrected chi connectivity index (χ3v) is 7.74. The number of halogens is 1. The molecule has 0 aliphatic carbocycles. The molecule has 0 saturated carbocycles. The molecule has 170 valence electrons. The van der Waals surface area contributed by atoms with Gasteiger partial charge in [-0.25, -0.2) is 0 Å². The highest BCUT2D eigenvalue weighted by atomic mass is 79.9. The zero-order valence-electron chi connectivity index (χ0n) is 19.5. The molecule has 0 amide bonds. The lowest BCUT2D eigenvalue weighted by molar-refractivity contribution is 1.18. The number of fused-ring (bicyclic) bond motifs is 4. The van der Waals surface area contributed by atoms with Crippen molar-refractivity contribution < 1.29 is 0 Å². The molecule has 1 heterocycles. The topological polar surface area (TPSA) is 4.93 Å². The first-order valence-electron chi connectivity index (χ1n) is 12.1. The van der Waals surface area contributed by atoms with Crippen LogP contribution in [0.3, 0.4) is 0 Å². The van der Waals surface area contributed by atoms with E-state index in [1.54, 1.807) is 0 Å². The molecule has 0 bridgehead atoms. The van der Waals surface area contributed by atoms with E-state index in [1.807, 2.05) is 0 Å². The Balaban J connectivity index is 1.43. The van der Waals surface area contributed by atoms with E-state index in [-0.39, 0.29) is 0 Å². The number of hydrogen-bond acceptors (Lipinski definition) is 0. The summed E-state index contributed by atoms with van der Waals surface area (Å²) >= 11 is 3.83. The molecule has 1 nitrogen and oxygen atoms in total. The fourth-order valence-corrected chi connectivity index (χ4v) is 5.76. The second-order valence-electron chi connectivity index (χ2n) is 9.18. The molecule has 7 rings (SSSR count). The predicted octanol–water partition coefficient (Wildman–Crippen LogP) is 10.0. The maximum atomic E-state index is 3.83. The van der Waals surface area contributed by atoms with Crippen LogP contribution in [-0.2, 0) is 0 Å². The van der Waals surface area contributed by atoms with Gasteiger partial charge < -0.3 is 4.57 Å². The van der Waals surface area contributed by atoms with E-state index in [9.17, 15) is 0 Å². The van der Waals surface area contributed by atoms with Gasteiger partial charge in [0, 0.05) is 20.9 Å². The Morgan fingerprint density at radius 3 is 2.00 bits per heavy atom. The van der Waals surface area contributed by atoms with Crippen LogP contribution in [0.15, 0.2) is 138 Å². The van der Waals surface area contributed by atoms with Gasteiger partial charge >= 0.3 is 0 Å². The summed E-state index contributed by atoms with van der Waals surface area (Å²) in [5, 5.41) is 5.05. The highest BCUT2D eigenvalue weighted by Crippen LogP contribution is 2.38. The van der Waals surface area contributed by atoms with Gasteiger partial charge in [0.05, 0.1) is 11.0 Å². The first kappa shape index (κ1) is 21.2. The van der Waals surface area contributed by atoms with Crippen molar-refractivity contribution >= 4 is 48.5 Å². The maximum Gasteiger partial charge on any atom is 0.0547 e. The first-order valence-corrected chi connectivity index (χ1v) is 12.9. The van der Waals surface area contributed by atoms with Crippen LogP contribution in [0.5, 0.6) is 0 Å². The molecule has 0 radical (unpaired) electrons. The smallest absolute Gasteiger partial charge is 0.0547 e. The monoisotopic (exact) mass is 523 g/mol. The first-order chi connectivity index (χ1) is 17.8. The van der Waals surface area contributed by atoms with Crippen LogP contribution in [0.25, 0.3) is 60.5 Å². The standard InChI is InChI=1S/C34H22BrN/c35-32-19-17-26(25-15-14-23-8-4-5-9-24(23)20-25)21-31(32)27-16-18-30-29-12-6-7-13-33(29)36(34(30)22-27)28-10-2-1-3-11-28/h1-22H. The zero-order valence-corrected chi connectivity index (χ0v) is 21.1. The van der Waals surface area contributed by atoms with Crippen LogP contribution in [0.4, 0.5) is 0 Å². The van der Waals surface area contributed by atoms with Crippen LogP contribution >= 0.6 is 15.9 Å². The third kappa shape index (κ3) is 3.45. The SMILES string of the molecule is Brc1ccc(-c2ccc3ccccc3c2)cc1-c1ccc2c3ccccc3n(-c3ccccc3)c2c1. The number of aromatic nitrogens is 1. The van der Waals surface area contributed by atoms with Crippen molar-refractivity contribution in [1.29, 1.82) is 0 Å². The summed E-state index contributed by atoms with van der Waals surface area (Å²) in [5.74, 6) is 0. The lowest BCUT2D eigenvalue weighted by atomic mass is 9.97. The zero-order chi connectivity index (χ0) is 24.1. The van der Waals surface area contributed by atoms with Crippen LogP contribution < -0.4 is 0 Å². The van der Waals surface area contributed by atoms with Crippen LogP contribution in [0, 0.1) is 0 Å². The fourth-order valence-electron chi connectivity index (χ4n) is 5.29. The Labute approximate surface area is 218 Å². The normalized spacial score (nSPS) is 11.5. The Kier molecular flexibility index (Phi) is 5.00. The van der Waals surface area contributed by atoms with Gasteiger partial charge in [0.1, 0.15) is 0 Å². The van der Waals surface area contributed by atoms with Gasteiger partial charge in [-0.15, -0.1) is 0 Å². The molecule has 0 spiro atoms. The van der Waals surface area contributed by atoms with Crippen molar-refractivity contribution in [1.82, 2.24) is 4.57 Å². The van der Waals surface area contributed by atoms with Crippen molar-refractivity contribution in [2.24, 2.45) is 0 Å². The van der Waals surface area contributed by atoms with Gasteiger partial charge in [0.15, 0.2) is 0 Å². The van der Waals surface area contributed by atoms with E-state index in [0.29, 0.717) is 0 Å². The van der Waals surface area contributed by atoms with Crippen molar-refractivity contribution in [3.63, 3.8) is 0 Å². The maximum absolute atomic E-state index is 3.83. The summed E-state index contributed by atoms with van der Waals surface area (Å²) < 4.78 is 3.46. The number of nitrogens with zero attached hydrogens (tertiary/aromatic N) is 1. The van der Waals surface area contributed by atoms with Gasteiger partial charge in [0.2, 0.25) is 0 Å². The summed E-state index contributed by atoms with van der Waals surface area (Å²) in [6.45, 7) is 0. The van der Waals surface area contributed by atoms with Gasteiger partial charge in [0.25, 0.3) is 0 Å². The highest BCUT2D eigenvalue weighted by Gasteiger charge is 2.14. The quantitative estimate of drug-likeness (QED) is 0.217. The number of hydrogen-bond donors (Lipinski definition) is 0. The third-order valence-electron chi connectivity index (χ3n) is 7.05. The molecule has 0 aliphatic heterocycles. The van der Waals surface area contributed by atoms with E-state index in [4.69, 9.17) is 0 Å². The Morgan fingerprint density at radius 1 is 0.444 bits per heavy atom. The second kappa shape index (κ2) is 8.51. The molecule has 6 aromatic carbocycles. The van der Waals surface area contributed by atoms with E-state index in [2.05, 4.69) is 154 Å². The highest BCUT2D eigenvalue weighted by molar-refractivity contribution is 9.10. The summed E-state index contributed by atoms with van der Waals surface area (Å²) in [4.78, 5) is 0. The van der Waals surface area contributed by atoms with Gasteiger partial charge in [-0.1, -0.05) is 107 Å².